The van der Waals surface area contributed by atoms with Crippen LogP contribution in [-0.2, 0) is 4.79 Å². The number of aliphatic hydroxyl groups excluding tert-OH is 1. The Bertz CT molecular complexity index is 227. The van der Waals surface area contributed by atoms with Gasteiger partial charge in [0.2, 0.25) is 5.91 Å². The summed E-state index contributed by atoms with van der Waals surface area (Å²) in [5.74, 6) is 0.626. The highest BCUT2D eigenvalue weighted by Crippen LogP contribution is 2.26. The molecule has 4 heteroatoms. The van der Waals surface area contributed by atoms with E-state index in [4.69, 9.17) is 5.11 Å². The number of aliphatic hydroxyl groups is 1. The smallest absolute Gasteiger partial charge is 0.236 e. The second-order valence-corrected chi connectivity index (χ2v) is 5.12. The van der Waals surface area contributed by atoms with Crippen molar-refractivity contribution in [3.05, 3.63) is 0 Å². The number of nitrogens with one attached hydrogen (secondary N) is 2. The fourth-order valence-corrected chi connectivity index (χ4v) is 2.04. The minimum absolute atomic E-state index is 0.0842. The molecule has 1 saturated carbocycles. The third-order valence-electron chi connectivity index (χ3n) is 3.40. The van der Waals surface area contributed by atoms with Crippen LogP contribution in [-0.4, -0.2) is 36.2 Å². The zero-order valence-electron chi connectivity index (χ0n) is 11.0. The van der Waals surface area contributed by atoms with Gasteiger partial charge in [0.25, 0.3) is 0 Å². The molecule has 0 heterocycles. The summed E-state index contributed by atoms with van der Waals surface area (Å²) < 4.78 is 0. The minimum atomic E-state index is -0.130. The molecule has 100 valence electrons. The Morgan fingerprint density at radius 2 is 2.12 bits per heavy atom. The maximum absolute atomic E-state index is 11.7. The molecule has 0 bridgehead atoms. The summed E-state index contributed by atoms with van der Waals surface area (Å²) in [5.41, 5.74) is 0. The standard InChI is InChI=1S/C13H26N2O2/c1-3-4-5-6-14-13(17)10(2)15-9-11-7-12(16)8-11/h10-12,15-16H,3-9H2,1-2H3,(H,14,17). The van der Waals surface area contributed by atoms with Crippen LogP contribution >= 0.6 is 0 Å². The molecule has 0 radical (unpaired) electrons. The number of amides is 1. The van der Waals surface area contributed by atoms with Crippen molar-refractivity contribution in [3.8, 4) is 0 Å². The minimum Gasteiger partial charge on any atom is -0.393 e. The van der Waals surface area contributed by atoms with E-state index in [9.17, 15) is 4.79 Å². The summed E-state index contributed by atoms with van der Waals surface area (Å²) in [6, 6.07) is -0.130. The summed E-state index contributed by atoms with van der Waals surface area (Å²) in [5, 5.41) is 15.3. The van der Waals surface area contributed by atoms with Crippen molar-refractivity contribution >= 4 is 5.91 Å². The Morgan fingerprint density at radius 1 is 1.41 bits per heavy atom. The van der Waals surface area contributed by atoms with Crippen molar-refractivity contribution in [3.63, 3.8) is 0 Å². The van der Waals surface area contributed by atoms with Crippen molar-refractivity contribution in [2.75, 3.05) is 13.1 Å². The Labute approximate surface area is 104 Å². The van der Waals surface area contributed by atoms with E-state index >= 15 is 0 Å². The molecule has 17 heavy (non-hydrogen) atoms. The van der Waals surface area contributed by atoms with E-state index in [-0.39, 0.29) is 18.1 Å². The van der Waals surface area contributed by atoms with Gasteiger partial charge in [0.05, 0.1) is 12.1 Å². The van der Waals surface area contributed by atoms with Crippen molar-refractivity contribution in [1.29, 1.82) is 0 Å². The fourth-order valence-electron chi connectivity index (χ4n) is 2.04. The Morgan fingerprint density at radius 3 is 2.71 bits per heavy atom. The van der Waals surface area contributed by atoms with Crippen LogP contribution < -0.4 is 10.6 Å². The molecule has 0 spiro atoms. The lowest BCUT2D eigenvalue weighted by Gasteiger charge is -2.32. The van der Waals surface area contributed by atoms with Crippen molar-refractivity contribution in [2.45, 2.75) is 58.1 Å². The lowest BCUT2D eigenvalue weighted by Crippen LogP contribution is -2.46. The van der Waals surface area contributed by atoms with Gasteiger partial charge in [0.15, 0.2) is 0 Å². The molecule has 0 aliphatic heterocycles. The largest absolute Gasteiger partial charge is 0.393 e. The summed E-state index contributed by atoms with van der Waals surface area (Å²) in [6.07, 6.45) is 5.04. The third-order valence-corrected chi connectivity index (χ3v) is 3.40. The van der Waals surface area contributed by atoms with E-state index in [0.29, 0.717) is 5.92 Å². The summed E-state index contributed by atoms with van der Waals surface area (Å²) in [6.45, 7) is 5.66. The quantitative estimate of drug-likeness (QED) is 0.557. The average molecular weight is 242 g/mol. The topological polar surface area (TPSA) is 61.4 Å². The van der Waals surface area contributed by atoms with Crippen LogP contribution in [0, 0.1) is 5.92 Å². The van der Waals surface area contributed by atoms with E-state index in [0.717, 1.165) is 32.4 Å². The Hall–Kier alpha value is -0.610. The maximum Gasteiger partial charge on any atom is 0.236 e. The number of unbranched alkanes of at least 4 members (excludes halogenated alkanes) is 2. The van der Waals surface area contributed by atoms with Gasteiger partial charge in [-0.1, -0.05) is 19.8 Å². The molecule has 1 aliphatic carbocycles. The second kappa shape index (κ2) is 7.67. The predicted molar refractivity (Wildman–Crippen MR) is 68.7 cm³/mol. The molecule has 4 nitrogen and oxygen atoms in total. The molecule has 0 aromatic rings. The third kappa shape index (κ3) is 5.50. The zero-order chi connectivity index (χ0) is 12.7. The van der Waals surface area contributed by atoms with E-state index in [2.05, 4.69) is 17.6 Å². The molecule has 1 amide bonds. The molecule has 3 N–H and O–H groups in total. The highest BCUT2D eigenvalue weighted by atomic mass is 16.3. The van der Waals surface area contributed by atoms with E-state index in [1.54, 1.807) is 0 Å². The van der Waals surface area contributed by atoms with Crippen LogP contribution in [0.2, 0.25) is 0 Å². The summed E-state index contributed by atoms with van der Waals surface area (Å²) >= 11 is 0. The monoisotopic (exact) mass is 242 g/mol. The number of hydrogen-bond acceptors (Lipinski definition) is 3. The summed E-state index contributed by atoms with van der Waals surface area (Å²) in [7, 11) is 0. The highest BCUT2D eigenvalue weighted by Gasteiger charge is 2.27. The second-order valence-electron chi connectivity index (χ2n) is 5.12. The van der Waals surface area contributed by atoms with E-state index in [1.807, 2.05) is 6.92 Å². The maximum atomic E-state index is 11.7. The van der Waals surface area contributed by atoms with Crippen molar-refractivity contribution < 1.29 is 9.90 Å². The molecule has 1 aliphatic rings. The molecular weight excluding hydrogens is 216 g/mol. The normalized spacial score (nSPS) is 25.1. The molecule has 0 saturated heterocycles. The van der Waals surface area contributed by atoms with Crippen LogP contribution in [0.25, 0.3) is 0 Å². The zero-order valence-corrected chi connectivity index (χ0v) is 11.0. The Balaban J connectivity index is 2.01. The molecule has 1 atom stereocenters. The van der Waals surface area contributed by atoms with Gasteiger partial charge in [0, 0.05) is 6.54 Å². The molecular formula is C13H26N2O2. The fraction of sp³-hybridized carbons (Fsp3) is 0.923. The number of carbonyl (C=O) groups excluding carboxylic acids is 1. The highest BCUT2D eigenvalue weighted by molar-refractivity contribution is 5.81. The van der Waals surface area contributed by atoms with Gasteiger partial charge < -0.3 is 15.7 Å². The van der Waals surface area contributed by atoms with Crippen molar-refractivity contribution in [1.82, 2.24) is 10.6 Å². The van der Waals surface area contributed by atoms with Crippen LogP contribution in [0.1, 0.15) is 46.0 Å². The molecule has 0 aromatic carbocycles. The van der Waals surface area contributed by atoms with Crippen LogP contribution in [0.4, 0.5) is 0 Å². The number of hydrogen-bond donors (Lipinski definition) is 3. The van der Waals surface area contributed by atoms with Gasteiger partial charge in [-0.25, -0.2) is 0 Å². The lowest BCUT2D eigenvalue weighted by molar-refractivity contribution is -0.122. The molecule has 0 aromatic heterocycles. The average Bonchev–Trinajstić information content (AvgIpc) is 2.28. The van der Waals surface area contributed by atoms with Gasteiger partial charge >= 0.3 is 0 Å². The van der Waals surface area contributed by atoms with Gasteiger partial charge in [-0.3, -0.25) is 4.79 Å². The Kier molecular flexibility index (Phi) is 6.52. The first-order valence-corrected chi connectivity index (χ1v) is 6.82. The van der Waals surface area contributed by atoms with Crippen LogP contribution in [0.3, 0.4) is 0 Å². The molecule has 1 rings (SSSR count). The predicted octanol–water partition coefficient (Wildman–Crippen LogP) is 1.04. The first kappa shape index (κ1) is 14.5. The van der Waals surface area contributed by atoms with Gasteiger partial charge in [0.1, 0.15) is 0 Å². The van der Waals surface area contributed by atoms with Crippen LogP contribution in [0.15, 0.2) is 0 Å². The van der Waals surface area contributed by atoms with E-state index < -0.39 is 0 Å². The number of carbonyl (C=O) groups is 1. The van der Waals surface area contributed by atoms with Gasteiger partial charge in [-0.2, -0.15) is 0 Å². The first-order valence-electron chi connectivity index (χ1n) is 6.82. The summed E-state index contributed by atoms with van der Waals surface area (Å²) in [4.78, 5) is 11.7. The molecule has 1 fully saturated rings. The lowest BCUT2D eigenvalue weighted by atomic mass is 9.82. The SMILES string of the molecule is CCCCCNC(=O)C(C)NCC1CC(O)C1. The van der Waals surface area contributed by atoms with Crippen molar-refractivity contribution in [2.24, 2.45) is 5.92 Å². The van der Waals surface area contributed by atoms with E-state index in [1.165, 1.54) is 12.8 Å². The number of rotatable bonds is 8. The molecule has 1 unspecified atom stereocenters. The first-order chi connectivity index (χ1) is 8.13. The van der Waals surface area contributed by atoms with Gasteiger partial charge in [-0.05, 0) is 38.6 Å². The van der Waals surface area contributed by atoms with Gasteiger partial charge in [-0.15, -0.1) is 0 Å². The van der Waals surface area contributed by atoms with Crippen LogP contribution in [0.5, 0.6) is 0 Å².